The average molecular weight is 198 g/mol. The largest absolute Gasteiger partial charge is 0.373 e. The van der Waals surface area contributed by atoms with Crippen LogP contribution in [0, 0.1) is 5.41 Å². The number of morpholine rings is 1. The predicted octanol–water partition coefficient (Wildman–Crippen LogP) is 0.455. The summed E-state index contributed by atoms with van der Waals surface area (Å²) in [5.74, 6) is 0. The number of fused-ring (bicyclic) bond motifs is 1. The van der Waals surface area contributed by atoms with Crippen molar-refractivity contribution in [2.24, 2.45) is 5.41 Å². The molecule has 14 heavy (non-hydrogen) atoms. The quantitative estimate of drug-likeness (QED) is 0.593. The van der Waals surface area contributed by atoms with Gasteiger partial charge in [-0.25, -0.2) is 5.43 Å². The molecule has 2 aliphatic rings. The van der Waals surface area contributed by atoms with Gasteiger partial charge in [0.25, 0.3) is 0 Å². The van der Waals surface area contributed by atoms with Crippen molar-refractivity contribution in [2.75, 3.05) is 19.8 Å². The van der Waals surface area contributed by atoms with Crippen LogP contribution in [0.5, 0.6) is 0 Å². The van der Waals surface area contributed by atoms with E-state index in [0.717, 1.165) is 24.4 Å². The second kappa shape index (κ2) is 3.22. The first-order chi connectivity index (χ1) is 6.50. The van der Waals surface area contributed by atoms with Crippen LogP contribution in [-0.2, 0) is 4.74 Å². The molecule has 2 rings (SSSR count). The fraction of sp³-hybridized carbons (Fsp3) is 0.800. The summed E-state index contributed by atoms with van der Waals surface area (Å²) in [6, 6.07) is 0. The highest BCUT2D eigenvalue weighted by molar-refractivity contribution is 5.27. The Morgan fingerprint density at radius 2 is 2.21 bits per heavy atom. The van der Waals surface area contributed by atoms with Crippen LogP contribution in [0.25, 0.3) is 0 Å². The topological polar surface area (TPSA) is 44.7 Å². The predicted molar refractivity (Wildman–Crippen MR) is 53.1 cm³/mol. The molecule has 0 saturated carbocycles. The SMILES string of the molecule is CC(C)(C)C1=C2COCCN2NC1O. The molecule has 0 amide bonds. The van der Waals surface area contributed by atoms with E-state index in [2.05, 4.69) is 26.2 Å². The summed E-state index contributed by atoms with van der Waals surface area (Å²) in [4.78, 5) is 0. The van der Waals surface area contributed by atoms with Gasteiger partial charge in [-0.3, -0.25) is 0 Å². The summed E-state index contributed by atoms with van der Waals surface area (Å²) in [5.41, 5.74) is 5.19. The van der Waals surface area contributed by atoms with Crippen molar-refractivity contribution >= 4 is 0 Å². The van der Waals surface area contributed by atoms with E-state index in [-0.39, 0.29) is 5.41 Å². The minimum atomic E-state index is -0.549. The molecule has 0 aromatic rings. The highest BCUT2D eigenvalue weighted by Crippen LogP contribution is 2.35. The molecule has 80 valence electrons. The van der Waals surface area contributed by atoms with Crippen LogP contribution in [0.2, 0.25) is 0 Å². The van der Waals surface area contributed by atoms with Gasteiger partial charge in [0, 0.05) is 5.57 Å². The van der Waals surface area contributed by atoms with E-state index in [0.29, 0.717) is 6.61 Å². The van der Waals surface area contributed by atoms with Gasteiger partial charge in [-0.1, -0.05) is 20.8 Å². The first-order valence-corrected chi connectivity index (χ1v) is 5.03. The van der Waals surface area contributed by atoms with Crippen molar-refractivity contribution < 1.29 is 9.84 Å². The van der Waals surface area contributed by atoms with Gasteiger partial charge in [0.15, 0.2) is 0 Å². The minimum absolute atomic E-state index is 0.0167. The third kappa shape index (κ3) is 1.54. The number of aliphatic hydroxyl groups is 1. The Kier molecular flexibility index (Phi) is 2.29. The highest BCUT2D eigenvalue weighted by Gasteiger charge is 2.37. The number of hydrazine groups is 1. The molecule has 0 spiro atoms. The number of aliphatic hydroxyl groups excluding tert-OH is 1. The van der Waals surface area contributed by atoms with E-state index in [9.17, 15) is 5.11 Å². The Labute approximate surface area is 84.5 Å². The maximum Gasteiger partial charge on any atom is 0.146 e. The lowest BCUT2D eigenvalue weighted by Gasteiger charge is -2.28. The summed E-state index contributed by atoms with van der Waals surface area (Å²) in [6.07, 6.45) is -0.549. The molecule has 0 aliphatic carbocycles. The first kappa shape index (κ1) is 9.96. The molecule has 0 radical (unpaired) electrons. The summed E-state index contributed by atoms with van der Waals surface area (Å²) in [5, 5.41) is 11.9. The summed E-state index contributed by atoms with van der Waals surface area (Å²) in [6.45, 7) is 8.47. The van der Waals surface area contributed by atoms with Gasteiger partial charge in [0.2, 0.25) is 0 Å². The van der Waals surface area contributed by atoms with Crippen molar-refractivity contribution in [3.8, 4) is 0 Å². The molecule has 0 aromatic carbocycles. The van der Waals surface area contributed by atoms with Crippen molar-refractivity contribution in [1.82, 2.24) is 10.4 Å². The molecule has 1 unspecified atom stereocenters. The molecule has 0 aromatic heterocycles. The average Bonchev–Trinajstić information content (AvgIpc) is 2.38. The zero-order valence-corrected chi connectivity index (χ0v) is 9.00. The third-order valence-electron chi connectivity index (χ3n) is 2.69. The molecule has 2 aliphatic heterocycles. The fourth-order valence-corrected chi connectivity index (χ4v) is 2.12. The number of nitrogens with zero attached hydrogens (tertiary/aromatic N) is 1. The van der Waals surface area contributed by atoms with Gasteiger partial charge >= 0.3 is 0 Å². The van der Waals surface area contributed by atoms with Crippen molar-refractivity contribution in [3.63, 3.8) is 0 Å². The van der Waals surface area contributed by atoms with Crippen molar-refractivity contribution in [1.29, 1.82) is 0 Å². The van der Waals surface area contributed by atoms with Gasteiger partial charge in [0.1, 0.15) is 6.23 Å². The summed E-state index contributed by atoms with van der Waals surface area (Å²) >= 11 is 0. The van der Waals surface area contributed by atoms with E-state index < -0.39 is 6.23 Å². The second-order valence-electron chi connectivity index (χ2n) is 4.85. The first-order valence-electron chi connectivity index (χ1n) is 5.03. The Morgan fingerprint density at radius 1 is 1.50 bits per heavy atom. The van der Waals surface area contributed by atoms with Gasteiger partial charge in [-0.15, -0.1) is 0 Å². The van der Waals surface area contributed by atoms with Crippen molar-refractivity contribution in [3.05, 3.63) is 11.3 Å². The fourth-order valence-electron chi connectivity index (χ4n) is 2.12. The van der Waals surface area contributed by atoms with E-state index in [1.54, 1.807) is 0 Å². The zero-order chi connectivity index (χ0) is 10.3. The third-order valence-corrected chi connectivity index (χ3v) is 2.69. The van der Waals surface area contributed by atoms with Gasteiger partial charge in [0.05, 0.1) is 25.5 Å². The number of ether oxygens (including phenoxy) is 1. The number of rotatable bonds is 0. The molecule has 1 atom stereocenters. The number of hydrogen-bond acceptors (Lipinski definition) is 4. The molecule has 1 fully saturated rings. The zero-order valence-electron chi connectivity index (χ0n) is 9.00. The molecule has 2 heterocycles. The molecular formula is C10H18N2O2. The van der Waals surface area contributed by atoms with Crippen LogP contribution in [0.15, 0.2) is 11.3 Å². The van der Waals surface area contributed by atoms with Gasteiger partial charge in [-0.05, 0) is 5.41 Å². The molecule has 1 saturated heterocycles. The Bertz CT molecular complexity index is 268. The van der Waals surface area contributed by atoms with Crippen LogP contribution in [-0.4, -0.2) is 36.1 Å². The monoisotopic (exact) mass is 198 g/mol. The Morgan fingerprint density at radius 3 is 2.86 bits per heavy atom. The van der Waals surface area contributed by atoms with E-state index in [1.807, 2.05) is 5.01 Å². The minimum Gasteiger partial charge on any atom is -0.373 e. The molecule has 4 heteroatoms. The van der Waals surface area contributed by atoms with Gasteiger partial charge in [-0.2, -0.15) is 0 Å². The summed E-state index contributed by atoms with van der Waals surface area (Å²) in [7, 11) is 0. The Hall–Kier alpha value is -0.580. The maximum atomic E-state index is 9.89. The molecule has 4 nitrogen and oxygen atoms in total. The van der Waals surface area contributed by atoms with Crippen LogP contribution in [0.4, 0.5) is 0 Å². The molecular weight excluding hydrogens is 180 g/mol. The van der Waals surface area contributed by atoms with E-state index >= 15 is 0 Å². The standard InChI is InChI=1S/C10H18N2O2/c1-10(2,3)8-7-6-14-5-4-12(7)11-9(8)13/h9,11,13H,4-6H2,1-3H3. The number of hydrogen-bond donors (Lipinski definition) is 2. The van der Waals surface area contributed by atoms with E-state index in [4.69, 9.17) is 4.74 Å². The highest BCUT2D eigenvalue weighted by atomic mass is 16.5. The maximum absolute atomic E-state index is 9.89. The van der Waals surface area contributed by atoms with Crippen molar-refractivity contribution in [2.45, 2.75) is 27.0 Å². The van der Waals surface area contributed by atoms with Crippen LogP contribution >= 0.6 is 0 Å². The molecule has 2 N–H and O–H groups in total. The normalized spacial score (nSPS) is 28.3. The van der Waals surface area contributed by atoms with Crippen LogP contribution in [0.3, 0.4) is 0 Å². The van der Waals surface area contributed by atoms with Crippen LogP contribution in [0.1, 0.15) is 20.8 Å². The lowest BCUT2D eigenvalue weighted by Crippen LogP contribution is -2.42. The second-order valence-corrected chi connectivity index (χ2v) is 4.85. The Balaban J connectivity index is 2.34. The lowest BCUT2D eigenvalue weighted by atomic mass is 9.84. The number of nitrogens with one attached hydrogen (secondary N) is 1. The molecule has 0 bridgehead atoms. The van der Waals surface area contributed by atoms with E-state index in [1.165, 1.54) is 0 Å². The van der Waals surface area contributed by atoms with Gasteiger partial charge < -0.3 is 14.9 Å². The smallest absolute Gasteiger partial charge is 0.146 e. The van der Waals surface area contributed by atoms with Crippen LogP contribution < -0.4 is 5.43 Å². The lowest BCUT2D eigenvalue weighted by molar-refractivity contribution is 0.0343. The summed E-state index contributed by atoms with van der Waals surface area (Å²) < 4.78 is 5.41.